The lowest BCUT2D eigenvalue weighted by Crippen LogP contribution is -2.34. The summed E-state index contributed by atoms with van der Waals surface area (Å²) in [7, 11) is 1.91. The summed E-state index contributed by atoms with van der Waals surface area (Å²) >= 11 is 5.22. The predicted octanol–water partition coefficient (Wildman–Crippen LogP) is 1.19. The summed E-state index contributed by atoms with van der Waals surface area (Å²) in [5, 5.41) is 11.1. The van der Waals surface area contributed by atoms with Crippen molar-refractivity contribution in [3.63, 3.8) is 0 Å². The zero-order chi connectivity index (χ0) is 12.3. The van der Waals surface area contributed by atoms with Crippen molar-refractivity contribution in [1.82, 2.24) is 15.1 Å². The van der Waals surface area contributed by atoms with Crippen molar-refractivity contribution in [2.75, 3.05) is 18.5 Å². The van der Waals surface area contributed by atoms with Crippen LogP contribution in [0.5, 0.6) is 0 Å². The van der Waals surface area contributed by atoms with E-state index in [2.05, 4.69) is 15.7 Å². The van der Waals surface area contributed by atoms with Gasteiger partial charge in [0, 0.05) is 20.2 Å². The minimum absolute atomic E-state index is 0.296. The van der Waals surface area contributed by atoms with Gasteiger partial charge in [-0.1, -0.05) is 0 Å². The van der Waals surface area contributed by atoms with Crippen LogP contribution in [0.4, 0.5) is 5.69 Å². The van der Waals surface area contributed by atoms with Gasteiger partial charge in [-0.2, -0.15) is 5.10 Å². The van der Waals surface area contributed by atoms with Crippen LogP contribution in [-0.2, 0) is 11.8 Å². The van der Waals surface area contributed by atoms with Crippen molar-refractivity contribution < 1.29 is 4.74 Å². The van der Waals surface area contributed by atoms with Gasteiger partial charge in [-0.3, -0.25) is 4.68 Å². The van der Waals surface area contributed by atoms with Crippen molar-refractivity contribution >= 4 is 23.0 Å². The first-order chi connectivity index (χ1) is 8.16. The lowest BCUT2D eigenvalue weighted by atomic mass is 10.2. The molecule has 1 unspecified atom stereocenters. The molecular formula is C11H18N4OS. The second-order valence-electron chi connectivity index (χ2n) is 4.24. The highest BCUT2D eigenvalue weighted by molar-refractivity contribution is 7.80. The third-order valence-electron chi connectivity index (χ3n) is 3.00. The fourth-order valence-electron chi connectivity index (χ4n) is 1.80. The quantitative estimate of drug-likeness (QED) is 0.794. The molecule has 0 aromatic carbocycles. The molecule has 1 aromatic heterocycles. The van der Waals surface area contributed by atoms with Crippen molar-refractivity contribution in [3.05, 3.63) is 11.9 Å². The number of anilines is 1. The number of nitrogens with zero attached hydrogens (tertiary/aromatic N) is 2. The number of hydrogen-bond donors (Lipinski definition) is 2. The second kappa shape index (κ2) is 5.46. The minimum atomic E-state index is 0.296. The SMILES string of the molecule is Cc1c(NC(=S)NCC2CCCO2)cnn1C. The summed E-state index contributed by atoms with van der Waals surface area (Å²) < 4.78 is 7.33. The Balaban J connectivity index is 1.78. The van der Waals surface area contributed by atoms with Gasteiger partial charge in [0.05, 0.1) is 23.7 Å². The molecule has 2 rings (SSSR count). The molecule has 17 heavy (non-hydrogen) atoms. The Kier molecular flexibility index (Phi) is 3.96. The van der Waals surface area contributed by atoms with E-state index in [4.69, 9.17) is 17.0 Å². The molecule has 1 atom stereocenters. The number of nitrogens with one attached hydrogen (secondary N) is 2. The molecule has 0 radical (unpaired) electrons. The molecule has 1 saturated heterocycles. The Hall–Kier alpha value is -1.14. The molecule has 1 fully saturated rings. The Morgan fingerprint density at radius 2 is 2.53 bits per heavy atom. The first-order valence-corrected chi connectivity index (χ1v) is 6.22. The molecule has 6 heteroatoms. The van der Waals surface area contributed by atoms with E-state index in [9.17, 15) is 0 Å². The monoisotopic (exact) mass is 254 g/mol. The van der Waals surface area contributed by atoms with Crippen LogP contribution in [0.15, 0.2) is 6.20 Å². The zero-order valence-corrected chi connectivity index (χ0v) is 11.0. The fourth-order valence-corrected chi connectivity index (χ4v) is 1.99. The van der Waals surface area contributed by atoms with Crippen molar-refractivity contribution in [1.29, 1.82) is 0 Å². The molecule has 2 heterocycles. The van der Waals surface area contributed by atoms with E-state index in [1.54, 1.807) is 6.20 Å². The maximum absolute atomic E-state index is 5.52. The molecule has 0 amide bonds. The van der Waals surface area contributed by atoms with Crippen molar-refractivity contribution in [3.8, 4) is 0 Å². The van der Waals surface area contributed by atoms with Crippen LogP contribution in [0.2, 0.25) is 0 Å². The highest BCUT2D eigenvalue weighted by Crippen LogP contribution is 2.12. The van der Waals surface area contributed by atoms with Crippen LogP contribution in [0.3, 0.4) is 0 Å². The molecule has 94 valence electrons. The Labute approximate surface area is 107 Å². The van der Waals surface area contributed by atoms with Crippen LogP contribution >= 0.6 is 12.2 Å². The molecule has 0 saturated carbocycles. The van der Waals surface area contributed by atoms with E-state index in [0.29, 0.717) is 11.2 Å². The second-order valence-corrected chi connectivity index (χ2v) is 4.65. The van der Waals surface area contributed by atoms with Gasteiger partial charge in [-0.15, -0.1) is 0 Å². The van der Waals surface area contributed by atoms with Crippen molar-refractivity contribution in [2.24, 2.45) is 7.05 Å². The Morgan fingerprint density at radius 3 is 3.12 bits per heavy atom. The van der Waals surface area contributed by atoms with E-state index < -0.39 is 0 Å². The third kappa shape index (κ3) is 3.17. The molecular weight excluding hydrogens is 236 g/mol. The van der Waals surface area contributed by atoms with Crippen LogP contribution in [0, 0.1) is 6.92 Å². The number of thiocarbonyl (C=S) groups is 1. The summed E-state index contributed by atoms with van der Waals surface area (Å²) in [6.07, 6.45) is 4.33. The fraction of sp³-hybridized carbons (Fsp3) is 0.636. The highest BCUT2D eigenvalue weighted by atomic mass is 32.1. The lowest BCUT2D eigenvalue weighted by Gasteiger charge is -2.13. The van der Waals surface area contributed by atoms with Crippen LogP contribution in [0.1, 0.15) is 18.5 Å². The van der Waals surface area contributed by atoms with Gasteiger partial charge in [0.25, 0.3) is 0 Å². The normalized spacial score (nSPS) is 19.3. The first kappa shape index (κ1) is 12.3. The molecule has 0 bridgehead atoms. The molecule has 1 aliphatic heterocycles. The molecule has 2 N–H and O–H groups in total. The molecule has 0 aliphatic carbocycles. The number of hydrogen-bond acceptors (Lipinski definition) is 3. The van der Waals surface area contributed by atoms with Gasteiger partial charge in [0.15, 0.2) is 5.11 Å². The molecule has 1 aromatic rings. The molecule has 5 nitrogen and oxygen atoms in total. The lowest BCUT2D eigenvalue weighted by molar-refractivity contribution is 0.114. The van der Waals surface area contributed by atoms with Crippen LogP contribution in [-0.4, -0.2) is 34.1 Å². The maximum atomic E-state index is 5.52. The van der Waals surface area contributed by atoms with Gasteiger partial charge < -0.3 is 15.4 Å². The number of aromatic nitrogens is 2. The van der Waals surface area contributed by atoms with E-state index in [1.165, 1.54) is 0 Å². The first-order valence-electron chi connectivity index (χ1n) is 5.82. The number of rotatable bonds is 3. The Bertz CT molecular complexity index is 398. The van der Waals surface area contributed by atoms with Gasteiger partial charge in [-0.05, 0) is 32.0 Å². The van der Waals surface area contributed by atoms with Crippen molar-refractivity contribution in [2.45, 2.75) is 25.9 Å². The average molecular weight is 254 g/mol. The van der Waals surface area contributed by atoms with Gasteiger partial charge in [0.1, 0.15) is 0 Å². The predicted molar refractivity (Wildman–Crippen MR) is 71.1 cm³/mol. The third-order valence-corrected chi connectivity index (χ3v) is 3.24. The van der Waals surface area contributed by atoms with Gasteiger partial charge >= 0.3 is 0 Å². The minimum Gasteiger partial charge on any atom is -0.376 e. The highest BCUT2D eigenvalue weighted by Gasteiger charge is 2.15. The summed E-state index contributed by atoms with van der Waals surface area (Å²) in [5.41, 5.74) is 2.00. The average Bonchev–Trinajstić information content (AvgIpc) is 2.92. The van der Waals surface area contributed by atoms with E-state index in [-0.39, 0.29) is 0 Å². The van der Waals surface area contributed by atoms with E-state index in [0.717, 1.165) is 37.4 Å². The van der Waals surface area contributed by atoms with E-state index >= 15 is 0 Å². The summed E-state index contributed by atoms with van der Waals surface area (Å²) in [6, 6.07) is 0. The van der Waals surface area contributed by atoms with E-state index in [1.807, 2.05) is 18.7 Å². The maximum Gasteiger partial charge on any atom is 0.170 e. The van der Waals surface area contributed by atoms with Crippen LogP contribution in [0.25, 0.3) is 0 Å². The topological polar surface area (TPSA) is 51.1 Å². The summed E-state index contributed by atoms with van der Waals surface area (Å²) in [5.74, 6) is 0. The standard InChI is InChI=1S/C11H18N4OS/c1-8-10(7-13-15(8)2)14-11(17)12-6-9-4-3-5-16-9/h7,9H,3-6H2,1-2H3,(H2,12,14,17). The summed E-state index contributed by atoms with van der Waals surface area (Å²) in [6.45, 7) is 3.64. The summed E-state index contributed by atoms with van der Waals surface area (Å²) in [4.78, 5) is 0. The van der Waals surface area contributed by atoms with Gasteiger partial charge in [-0.25, -0.2) is 0 Å². The molecule has 0 spiro atoms. The number of aryl methyl sites for hydroxylation is 1. The largest absolute Gasteiger partial charge is 0.376 e. The number of ether oxygens (including phenoxy) is 1. The van der Waals surface area contributed by atoms with Crippen LogP contribution < -0.4 is 10.6 Å². The zero-order valence-electron chi connectivity index (χ0n) is 10.2. The smallest absolute Gasteiger partial charge is 0.170 e. The Morgan fingerprint density at radius 1 is 1.71 bits per heavy atom. The molecule has 1 aliphatic rings. The van der Waals surface area contributed by atoms with Gasteiger partial charge in [0.2, 0.25) is 0 Å².